The Morgan fingerprint density at radius 1 is 0.824 bits per heavy atom. The molecule has 1 aliphatic rings. The van der Waals surface area contributed by atoms with Gasteiger partial charge in [0, 0.05) is 32.7 Å². The van der Waals surface area contributed by atoms with E-state index in [1.165, 1.54) is 16.7 Å². The molecule has 0 aliphatic carbocycles. The Hall–Kier alpha value is -2.95. The number of ether oxygens (including phenoxy) is 1. The standard InChI is InChI=1S/C30H36N2O2/c1-23-20-24(2)25(3)29(21-23)34-19-18-31-14-16-32(17-15-31)22-28(33)30(26-10-6-4-7-11-26)27-12-8-5-9-13-27/h4-13,20-21,30H,14-19,22H2,1-3H3. The van der Waals surface area contributed by atoms with Crippen LogP contribution in [0.3, 0.4) is 0 Å². The second kappa shape index (κ2) is 11.5. The van der Waals surface area contributed by atoms with Crippen molar-refractivity contribution in [3.05, 3.63) is 101 Å². The Bertz CT molecular complexity index is 1030. The minimum Gasteiger partial charge on any atom is -0.492 e. The molecular formula is C30H36N2O2. The first-order chi connectivity index (χ1) is 16.5. The monoisotopic (exact) mass is 456 g/mol. The molecule has 178 valence electrons. The van der Waals surface area contributed by atoms with Crippen LogP contribution in [0.25, 0.3) is 0 Å². The minimum absolute atomic E-state index is 0.213. The zero-order valence-corrected chi connectivity index (χ0v) is 20.7. The molecule has 0 atom stereocenters. The van der Waals surface area contributed by atoms with Crippen molar-refractivity contribution in [2.45, 2.75) is 26.7 Å². The van der Waals surface area contributed by atoms with Gasteiger partial charge in [0.1, 0.15) is 12.4 Å². The highest BCUT2D eigenvalue weighted by atomic mass is 16.5. The Morgan fingerprint density at radius 2 is 1.38 bits per heavy atom. The molecule has 0 saturated carbocycles. The third-order valence-corrected chi connectivity index (χ3v) is 6.86. The minimum atomic E-state index is -0.213. The van der Waals surface area contributed by atoms with Gasteiger partial charge in [-0.2, -0.15) is 0 Å². The van der Waals surface area contributed by atoms with Crippen molar-refractivity contribution in [2.75, 3.05) is 45.9 Å². The van der Waals surface area contributed by atoms with Crippen LogP contribution in [0.1, 0.15) is 33.7 Å². The largest absolute Gasteiger partial charge is 0.492 e. The number of carbonyl (C=O) groups is 1. The molecule has 4 heteroatoms. The molecule has 0 N–H and O–H groups in total. The van der Waals surface area contributed by atoms with Crippen LogP contribution >= 0.6 is 0 Å². The van der Waals surface area contributed by atoms with Gasteiger partial charge in [0.05, 0.1) is 12.5 Å². The number of rotatable bonds is 9. The van der Waals surface area contributed by atoms with Gasteiger partial charge < -0.3 is 4.74 Å². The molecule has 34 heavy (non-hydrogen) atoms. The number of hydrogen-bond acceptors (Lipinski definition) is 4. The van der Waals surface area contributed by atoms with Gasteiger partial charge in [-0.25, -0.2) is 0 Å². The molecule has 0 spiro atoms. The van der Waals surface area contributed by atoms with Gasteiger partial charge in [0.25, 0.3) is 0 Å². The highest BCUT2D eigenvalue weighted by molar-refractivity contribution is 5.90. The highest BCUT2D eigenvalue weighted by Gasteiger charge is 2.26. The van der Waals surface area contributed by atoms with Crippen molar-refractivity contribution in [2.24, 2.45) is 0 Å². The van der Waals surface area contributed by atoms with Gasteiger partial charge in [-0.3, -0.25) is 14.6 Å². The van der Waals surface area contributed by atoms with Crippen LogP contribution in [-0.2, 0) is 4.79 Å². The van der Waals surface area contributed by atoms with Crippen LogP contribution in [-0.4, -0.2) is 61.5 Å². The lowest BCUT2D eigenvalue weighted by atomic mass is 9.87. The van der Waals surface area contributed by atoms with Crippen molar-refractivity contribution in [1.29, 1.82) is 0 Å². The highest BCUT2D eigenvalue weighted by Crippen LogP contribution is 2.26. The first kappa shape index (κ1) is 24.2. The predicted molar refractivity (Wildman–Crippen MR) is 139 cm³/mol. The summed E-state index contributed by atoms with van der Waals surface area (Å²) in [6.45, 7) is 12.2. The van der Waals surface area contributed by atoms with Crippen molar-refractivity contribution >= 4 is 5.78 Å². The molecule has 0 unspecified atom stereocenters. The summed E-state index contributed by atoms with van der Waals surface area (Å²) < 4.78 is 6.11. The molecule has 4 nitrogen and oxygen atoms in total. The fourth-order valence-corrected chi connectivity index (χ4v) is 4.77. The number of nitrogens with zero attached hydrogens (tertiary/aromatic N) is 2. The quantitative estimate of drug-likeness (QED) is 0.453. The predicted octanol–water partition coefficient (Wildman–Crippen LogP) is 5.01. The van der Waals surface area contributed by atoms with Crippen LogP contribution in [0, 0.1) is 20.8 Å². The summed E-state index contributed by atoms with van der Waals surface area (Å²) in [5.74, 6) is 1.05. The van der Waals surface area contributed by atoms with Gasteiger partial charge in [-0.1, -0.05) is 66.7 Å². The zero-order chi connectivity index (χ0) is 23.9. The first-order valence-electron chi connectivity index (χ1n) is 12.3. The Kier molecular flexibility index (Phi) is 8.15. The van der Waals surface area contributed by atoms with E-state index in [1.54, 1.807) is 0 Å². The third kappa shape index (κ3) is 6.13. The number of aryl methyl sites for hydroxylation is 2. The molecule has 4 rings (SSSR count). The van der Waals surface area contributed by atoms with E-state index in [-0.39, 0.29) is 11.7 Å². The van der Waals surface area contributed by atoms with E-state index in [4.69, 9.17) is 4.74 Å². The Morgan fingerprint density at radius 3 is 1.97 bits per heavy atom. The van der Waals surface area contributed by atoms with Crippen molar-refractivity contribution in [1.82, 2.24) is 9.80 Å². The van der Waals surface area contributed by atoms with E-state index in [9.17, 15) is 4.79 Å². The molecule has 0 bridgehead atoms. The second-order valence-corrected chi connectivity index (χ2v) is 9.39. The topological polar surface area (TPSA) is 32.8 Å². The fraction of sp³-hybridized carbons (Fsp3) is 0.367. The molecular weight excluding hydrogens is 420 g/mol. The first-order valence-corrected chi connectivity index (χ1v) is 12.3. The molecule has 1 fully saturated rings. The molecule has 1 aliphatic heterocycles. The summed E-state index contributed by atoms with van der Waals surface area (Å²) in [5, 5.41) is 0. The van der Waals surface area contributed by atoms with Crippen LogP contribution in [0.4, 0.5) is 0 Å². The van der Waals surface area contributed by atoms with E-state index >= 15 is 0 Å². The van der Waals surface area contributed by atoms with Crippen LogP contribution < -0.4 is 4.74 Å². The number of Topliss-reactive ketones (excluding diaryl/α,β-unsaturated/α-hetero) is 1. The third-order valence-electron chi connectivity index (χ3n) is 6.86. The van der Waals surface area contributed by atoms with E-state index in [1.807, 2.05) is 36.4 Å². The molecule has 0 aromatic heterocycles. The van der Waals surface area contributed by atoms with Gasteiger partial charge in [0.15, 0.2) is 5.78 Å². The maximum Gasteiger partial charge on any atom is 0.158 e. The number of benzene rings is 3. The summed E-state index contributed by atoms with van der Waals surface area (Å²) in [4.78, 5) is 18.2. The lowest BCUT2D eigenvalue weighted by Gasteiger charge is -2.35. The molecule has 0 amide bonds. The maximum atomic E-state index is 13.4. The normalized spacial score (nSPS) is 14.9. The zero-order valence-electron chi connectivity index (χ0n) is 20.7. The number of carbonyl (C=O) groups excluding carboxylic acids is 1. The van der Waals surface area contributed by atoms with Gasteiger partial charge in [-0.05, 0) is 54.7 Å². The molecule has 3 aromatic carbocycles. The summed E-state index contributed by atoms with van der Waals surface area (Å²) in [6, 6.07) is 24.6. The average molecular weight is 457 g/mol. The fourth-order valence-electron chi connectivity index (χ4n) is 4.77. The van der Waals surface area contributed by atoms with Gasteiger partial charge >= 0.3 is 0 Å². The van der Waals surface area contributed by atoms with Crippen LogP contribution in [0.15, 0.2) is 72.8 Å². The molecule has 1 saturated heterocycles. The van der Waals surface area contributed by atoms with E-state index in [2.05, 4.69) is 67.0 Å². The summed E-state index contributed by atoms with van der Waals surface area (Å²) >= 11 is 0. The van der Waals surface area contributed by atoms with Gasteiger partial charge in [0.2, 0.25) is 0 Å². The van der Waals surface area contributed by atoms with Gasteiger partial charge in [-0.15, -0.1) is 0 Å². The number of piperazine rings is 1. The molecule has 3 aromatic rings. The van der Waals surface area contributed by atoms with Crippen LogP contribution in [0.2, 0.25) is 0 Å². The summed E-state index contributed by atoms with van der Waals surface area (Å²) in [6.07, 6.45) is 0. The SMILES string of the molecule is Cc1cc(C)c(C)c(OCCN2CCN(CC(=O)C(c3ccccc3)c3ccccc3)CC2)c1. The van der Waals surface area contributed by atoms with Crippen molar-refractivity contribution < 1.29 is 9.53 Å². The van der Waals surface area contributed by atoms with Crippen molar-refractivity contribution in [3.63, 3.8) is 0 Å². The lowest BCUT2D eigenvalue weighted by molar-refractivity contribution is -0.121. The van der Waals surface area contributed by atoms with E-state index < -0.39 is 0 Å². The summed E-state index contributed by atoms with van der Waals surface area (Å²) in [7, 11) is 0. The Labute approximate surface area is 204 Å². The van der Waals surface area contributed by atoms with E-state index in [0.717, 1.165) is 49.6 Å². The smallest absolute Gasteiger partial charge is 0.158 e. The lowest BCUT2D eigenvalue weighted by Crippen LogP contribution is -2.49. The number of ketones is 1. The van der Waals surface area contributed by atoms with Crippen LogP contribution in [0.5, 0.6) is 5.75 Å². The average Bonchev–Trinajstić information content (AvgIpc) is 2.85. The molecule has 1 heterocycles. The maximum absolute atomic E-state index is 13.4. The molecule has 0 radical (unpaired) electrons. The van der Waals surface area contributed by atoms with Crippen molar-refractivity contribution in [3.8, 4) is 5.75 Å². The Balaban J connectivity index is 1.29. The van der Waals surface area contributed by atoms with E-state index in [0.29, 0.717) is 13.2 Å². The summed E-state index contributed by atoms with van der Waals surface area (Å²) in [5.41, 5.74) is 5.87. The number of hydrogen-bond donors (Lipinski definition) is 0. The second-order valence-electron chi connectivity index (χ2n) is 9.39.